The lowest BCUT2D eigenvalue weighted by Crippen LogP contribution is -2.31. The van der Waals surface area contributed by atoms with Gasteiger partial charge in [0.15, 0.2) is 6.61 Å². The van der Waals surface area contributed by atoms with Gasteiger partial charge in [0.1, 0.15) is 11.4 Å². The first kappa shape index (κ1) is 19.6. The maximum atomic E-state index is 12.9. The Balaban J connectivity index is 1.54. The minimum Gasteiger partial charge on any atom is -0.464 e. The Labute approximate surface area is 162 Å². The molecule has 0 saturated carbocycles. The van der Waals surface area contributed by atoms with Gasteiger partial charge in [-0.2, -0.15) is 0 Å². The number of furan rings is 1. The summed E-state index contributed by atoms with van der Waals surface area (Å²) < 4.78 is 23.6. The average molecular weight is 383 g/mol. The van der Waals surface area contributed by atoms with E-state index in [0.29, 0.717) is 6.54 Å². The number of carbonyl (C=O) groups excluding carboxylic acids is 2. The van der Waals surface area contributed by atoms with E-state index >= 15 is 0 Å². The van der Waals surface area contributed by atoms with Crippen molar-refractivity contribution in [3.8, 4) is 0 Å². The van der Waals surface area contributed by atoms with Crippen LogP contribution in [0.5, 0.6) is 0 Å². The molecule has 1 amide bonds. The highest BCUT2D eigenvalue weighted by molar-refractivity contribution is 5.87. The number of hydrogen-bond donors (Lipinski definition) is 0. The predicted octanol–water partition coefficient (Wildman–Crippen LogP) is 3.93. The second-order valence-electron chi connectivity index (χ2n) is 6.91. The van der Waals surface area contributed by atoms with Crippen molar-refractivity contribution < 1.29 is 23.1 Å². The number of carbonyl (C=O) groups is 2. The molecule has 28 heavy (non-hydrogen) atoms. The van der Waals surface area contributed by atoms with Gasteiger partial charge in [-0.25, -0.2) is 4.39 Å². The van der Waals surface area contributed by atoms with Gasteiger partial charge < -0.3 is 14.1 Å². The van der Waals surface area contributed by atoms with Gasteiger partial charge in [-0.15, -0.1) is 0 Å². The molecule has 0 N–H and O–H groups in total. The standard InChI is InChI=1S/C22H22FNO4/c1-14-8-19-17(12-27-20(19)9-15(14)2)10-22(26)28-13-21(25)24(3)11-16-4-6-18(23)7-5-16/h4-9,12H,10-11,13H2,1-3H3. The predicted molar refractivity (Wildman–Crippen MR) is 103 cm³/mol. The van der Waals surface area contributed by atoms with Crippen LogP contribution in [0.4, 0.5) is 4.39 Å². The van der Waals surface area contributed by atoms with Crippen molar-refractivity contribution >= 4 is 22.8 Å². The number of likely N-dealkylation sites (N-methyl/N-ethyl adjacent to an activating group) is 1. The van der Waals surface area contributed by atoms with E-state index in [0.717, 1.165) is 33.2 Å². The van der Waals surface area contributed by atoms with E-state index in [-0.39, 0.29) is 24.8 Å². The van der Waals surface area contributed by atoms with Crippen LogP contribution >= 0.6 is 0 Å². The van der Waals surface area contributed by atoms with E-state index in [1.807, 2.05) is 26.0 Å². The van der Waals surface area contributed by atoms with Crippen LogP contribution in [-0.4, -0.2) is 30.4 Å². The summed E-state index contributed by atoms with van der Waals surface area (Å²) in [5.41, 5.74) is 4.47. The second-order valence-corrected chi connectivity index (χ2v) is 6.91. The Bertz CT molecular complexity index is 1010. The van der Waals surface area contributed by atoms with Gasteiger partial charge in [-0.05, 0) is 54.8 Å². The summed E-state index contributed by atoms with van der Waals surface area (Å²) in [5, 5.41) is 0.875. The third-order valence-electron chi connectivity index (χ3n) is 4.72. The van der Waals surface area contributed by atoms with Crippen LogP contribution in [0, 0.1) is 19.7 Å². The summed E-state index contributed by atoms with van der Waals surface area (Å²) in [5.74, 6) is -1.16. The molecule has 146 valence electrons. The molecule has 0 fully saturated rings. The summed E-state index contributed by atoms with van der Waals surface area (Å²) in [6, 6.07) is 9.82. The number of aryl methyl sites for hydroxylation is 2. The first-order valence-electron chi connectivity index (χ1n) is 8.95. The highest BCUT2D eigenvalue weighted by atomic mass is 19.1. The average Bonchev–Trinajstić information content (AvgIpc) is 3.03. The van der Waals surface area contributed by atoms with Crippen LogP contribution in [0.3, 0.4) is 0 Å². The van der Waals surface area contributed by atoms with Gasteiger partial charge in [0.25, 0.3) is 5.91 Å². The molecular formula is C22H22FNO4. The minimum absolute atomic E-state index is 0.0322. The number of esters is 1. The molecule has 0 aliphatic heterocycles. The SMILES string of the molecule is Cc1cc2occ(CC(=O)OCC(=O)N(C)Cc3ccc(F)cc3)c2cc1C. The Kier molecular flexibility index (Phi) is 5.78. The molecule has 6 heteroatoms. The van der Waals surface area contributed by atoms with Gasteiger partial charge in [-0.3, -0.25) is 9.59 Å². The molecule has 5 nitrogen and oxygen atoms in total. The van der Waals surface area contributed by atoms with E-state index in [1.165, 1.54) is 17.0 Å². The van der Waals surface area contributed by atoms with E-state index < -0.39 is 5.97 Å². The van der Waals surface area contributed by atoms with E-state index in [9.17, 15) is 14.0 Å². The molecule has 0 atom stereocenters. The van der Waals surface area contributed by atoms with Gasteiger partial charge in [0, 0.05) is 24.5 Å². The summed E-state index contributed by atoms with van der Waals surface area (Å²) in [7, 11) is 1.61. The first-order chi connectivity index (χ1) is 13.3. The summed E-state index contributed by atoms with van der Waals surface area (Å²) in [6.07, 6.45) is 1.58. The fraction of sp³-hybridized carbons (Fsp3) is 0.273. The van der Waals surface area contributed by atoms with E-state index in [1.54, 1.807) is 25.4 Å². The molecule has 0 spiro atoms. The highest BCUT2D eigenvalue weighted by Gasteiger charge is 2.16. The van der Waals surface area contributed by atoms with Gasteiger partial charge in [-0.1, -0.05) is 12.1 Å². The highest BCUT2D eigenvalue weighted by Crippen LogP contribution is 2.25. The Hall–Kier alpha value is -3.15. The molecule has 0 bridgehead atoms. The van der Waals surface area contributed by atoms with E-state index in [4.69, 9.17) is 9.15 Å². The lowest BCUT2D eigenvalue weighted by molar-refractivity contribution is -0.151. The number of amides is 1. The van der Waals surface area contributed by atoms with Crippen molar-refractivity contribution in [2.24, 2.45) is 0 Å². The minimum atomic E-state index is -0.496. The second kappa shape index (κ2) is 8.25. The quantitative estimate of drug-likeness (QED) is 0.605. The monoisotopic (exact) mass is 383 g/mol. The topological polar surface area (TPSA) is 59.8 Å². The molecule has 1 aromatic heterocycles. The van der Waals surface area contributed by atoms with Crippen molar-refractivity contribution in [3.63, 3.8) is 0 Å². The third kappa shape index (κ3) is 4.57. The summed E-state index contributed by atoms with van der Waals surface area (Å²) >= 11 is 0. The Morgan fingerprint density at radius 2 is 1.79 bits per heavy atom. The zero-order valence-electron chi connectivity index (χ0n) is 16.1. The Morgan fingerprint density at radius 1 is 1.11 bits per heavy atom. The smallest absolute Gasteiger partial charge is 0.310 e. The van der Waals surface area contributed by atoms with Crippen LogP contribution in [0.1, 0.15) is 22.3 Å². The normalized spacial score (nSPS) is 10.9. The van der Waals surface area contributed by atoms with Gasteiger partial charge in [0.2, 0.25) is 0 Å². The molecule has 2 aromatic carbocycles. The van der Waals surface area contributed by atoms with Crippen molar-refractivity contribution in [1.29, 1.82) is 0 Å². The van der Waals surface area contributed by atoms with Crippen LogP contribution in [-0.2, 0) is 27.3 Å². The number of fused-ring (bicyclic) bond motifs is 1. The van der Waals surface area contributed by atoms with Crippen LogP contribution in [0.25, 0.3) is 11.0 Å². The maximum Gasteiger partial charge on any atom is 0.310 e. The number of ether oxygens (including phenoxy) is 1. The lowest BCUT2D eigenvalue weighted by atomic mass is 10.0. The fourth-order valence-corrected chi connectivity index (χ4v) is 2.88. The van der Waals surface area contributed by atoms with Crippen LogP contribution < -0.4 is 0 Å². The van der Waals surface area contributed by atoms with Gasteiger partial charge in [0.05, 0.1) is 12.7 Å². The van der Waals surface area contributed by atoms with Crippen molar-refractivity contribution in [2.75, 3.05) is 13.7 Å². The fourth-order valence-electron chi connectivity index (χ4n) is 2.88. The van der Waals surface area contributed by atoms with Gasteiger partial charge >= 0.3 is 5.97 Å². The van der Waals surface area contributed by atoms with Crippen molar-refractivity contribution in [2.45, 2.75) is 26.8 Å². The molecular weight excluding hydrogens is 361 g/mol. The maximum absolute atomic E-state index is 12.9. The molecule has 0 radical (unpaired) electrons. The molecule has 0 aliphatic rings. The lowest BCUT2D eigenvalue weighted by Gasteiger charge is -2.17. The number of halogens is 1. The number of benzene rings is 2. The zero-order chi connectivity index (χ0) is 20.3. The third-order valence-corrected chi connectivity index (χ3v) is 4.72. The Morgan fingerprint density at radius 3 is 2.50 bits per heavy atom. The molecule has 3 aromatic rings. The largest absolute Gasteiger partial charge is 0.464 e. The van der Waals surface area contributed by atoms with Crippen LogP contribution in [0.2, 0.25) is 0 Å². The number of nitrogens with zero attached hydrogens (tertiary/aromatic N) is 1. The van der Waals surface area contributed by atoms with Crippen LogP contribution in [0.15, 0.2) is 47.1 Å². The summed E-state index contributed by atoms with van der Waals surface area (Å²) in [6.45, 7) is 3.96. The molecule has 0 saturated heterocycles. The molecule has 0 unspecified atom stereocenters. The van der Waals surface area contributed by atoms with Crippen molar-refractivity contribution in [1.82, 2.24) is 4.90 Å². The zero-order valence-corrected chi connectivity index (χ0v) is 16.1. The summed E-state index contributed by atoms with van der Waals surface area (Å²) in [4.78, 5) is 25.8. The molecule has 3 rings (SSSR count). The molecule has 1 heterocycles. The van der Waals surface area contributed by atoms with E-state index in [2.05, 4.69) is 0 Å². The van der Waals surface area contributed by atoms with Crippen molar-refractivity contribution in [3.05, 3.63) is 70.7 Å². The number of rotatable bonds is 6. The number of hydrogen-bond acceptors (Lipinski definition) is 4. The molecule has 0 aliphatic carbocycles. The first-order valence-corrected chi connectivity index (χ1v) is 8.95.